The Morgan fingerprint density at radius 1 is 1.33 bits per heavy atom. The summed E-state index contributed by atoms with van der Waals surface area (Å²) in [7, 11) is 0. The van der Waals surface area contributed by atoms with E-state index in [4.69, 9.17) is 0 Å². The lowest BCUT2D eigenvalue weighted by molar-refractivity contribution is 0.642. The van der Waals surface area contributed by atoms with Gasteiger partial charge in [-0.05, 0) is 38.3 Å². The van der Waals surface area contributed by atoms with Crippen molar-refractivity contribution in [1.29, 1.82) is 0 Å². The Bertz CT molecular complexity index is 112. The molecule has 1 N–H and O–H groups in total. The summed E-state index contributed by atoms with van der Waals surface area (Å²) in [6.07, 6.45) is 6.17. The van der Waals surface area contributed by atoms with E-state index in [1.54, 1.807) is 0 Å². The van der Waals surface area contributed by atoms with Crippen LogP contribution >= 0.6 is 11.8 Å². The van der Waals surface area contributed by atoms with Gasteiger partial charge in [-0.2, -0.15) is 11.8 Å². The van der Waals surface area contributed by atoms with E-state index < -0.39 is 0 Å². The van der Waals surface area contributed by atoms with Crippen molar-refractivity contribution >= 4 is 11.8 Å². The molecule has 72 valence electrons. The van der Waals surface area contributed by atoms with E-state index in [1.165, 1.54) is 30.6 Å². The highest BCUT2D eigenvalue weighted by Gasteiger charge is 1.89. The summed E-state index contributed by atoms with van der Waals surface area (Å²) in [4.78, 5) is 0. The molecule has 0 bridgehead atoms. The maximum atomic E-state index is 3.84. The van der Waals surface area contributed by atoms with Crippen LogP contribution in [0.4, 0.5) is 0 Å². The molecule has 0 aliphatic heterocycles. The largest absolute Gasteiger partial charge is 0.313 e. The summed E-state index contributed by atoms with van der Waals surface area (Å²) in [6.45, 7) is 8.01. The molecule has 0 spiro atoms. The Labute approximate surface area is 81.0 Å². The van der Waals surface area contributed by atoms with Crippen LogP contribution in [-0.4, -0.2) is 25.1 Å². The zero-order chi connectivity index (χ0) is 9.23. The molecular formula is C10H21NS. The van der Waals surface area contributed by atoms with Crippen LogP contribution in [0.25, 0.3) is 0 Å². The third kappa shape index (κ3) is 10.0. The molecule has 0 aromatic heterocycles. The fourth-order valence-corrected chi connectivity index (χ4v) is 1.47. The number of rotatable bonds is 8. The van der Waals surface area contributed by atoms with Crippen molar-refractivity contribution in [2.75, 3.05) is 25.1 Å². The van der Waals surface area contributed by atoms with Crippen LogP contribution in [0, 0.1) is 0 Å². The molecule has 0 rings (SSSR count). The average Bonchev–Trinajstić information content (AvgIpc) is 2.02. The Kier molecular flexibility index (Phi) is 9.18. The molecule has 0 fully saturated rings. The van der Waals surface area contributed by atoms with Gasteiger partial charge in [0.1, 0.15) is 0 Å². The van der Waals surface area contributed by atoms with Gasteiger partial charge < -0.3 is 5.32 Å². The fraction of sp³-hybridized carbons (Fsp3) is 0.800. The Hall–Kier alpha value is 0.0500. The minimum atomic E-state index is 0.975. The normalized spacial score (nSPS) is 10.2. The molecule has 0 aromatic rings. The third-order valence-electron chi connectivity index (χ3n) is 1.63. The highest BCUT2D eigenvalue weighted by molar-refractivity contribution is 7.98. The standard InChI is InChI=1S/C10H21NS/c1-10(2)9-11-7-5-4-6-8-12-3/h11H,1,4-9H2,2-3H3. The highest BCUT2D eigenvalue weighted by Crippen LogP contribution is 2.01. The minimum absolute atomic E-state index is 0.975. The number of nitrogens with one attached hydrogen (secondary N) is 1. The first kappa shape index (κ1) is 12.0. The van der Waals surface area contributed by atoms with E-state index in [1.807, 2.05) is 11.8 Å². The maximum Gasteiger partial charge on any atom is 0.0159 e. The Morgan fingerprint density at radius 3 is 2.67 bits per heavy atom. The van der Waals surface area contributed by atoms with E-state index in [2.05, 4.69) is 25.1 Å². The van der Waals surface area contributed by atoms with Gasteiger partial charge in [-0.1, -0.05) is 18.6 Å². The molecule has 1 nitrogen and oxygen atoms in total. The molecule has 0 aliphatic rings. The lowest BCUT2D eigenvalue weighted by Crippen LogP contribution is -2.17. The van der Waals surface area contributed by atoms with Crippen LogP contribution in [0.1, 0.15) is 26.2 Å². The fourth-order valence-electron chi connectivity index (χ4n) is 0.975. The smallest absolute Gasteiger partial charge is 0.0159 e. The molecule has 0 heterocycles. The lowest BCUT2D eigenvalue weighted by Gasteiger charge is -2.03. The Balaban J connectivity index is 2.86. The summed E-state index contributed by atoms with van der Waals surface area (Å²) in [5.41, 5.74) is 1.22. The molecule has 0 aromatic carbocycles. The maximum absolute atomic E-state index is 3.84. The van der Waals surface area contributed by atoms with Crippen molar-refractivity contribution in [2.45, 2.75) is 26.2 Å². The van der Waals surface area contributed by atoms with E-state index in [0.29, 0.717) is 0 Å². The molecule has 0 amide bonds. The van der Waals surface area contributed by atoms with Gasteiger partial charge in [-0.25, -0.2) is 0 Å². The first-order chi connectivity index (χ1) is 5.77. The topological polar surface area (TPSA) is 12.0 Å². The molecule has 0 aliphatic carbocycles. The summed E-state index contributed by atoms with van der Waals surface area (Å²) < 4.78 is 0. The van der Waals surface area contributed by atoms with Crippen molar-refractivity contribution in [3.8, 4) is 0 Å². The summed E-state index contributed by atoms with van der Waals surface area (Å²) in [6, 6.07) is 0. The highest BCUT2D eigenvalue weighted by atomic mass is 32.2. The second-order valence-electron chi connectivity index (χ2n) is 3.19. The minimum Gasteiger partial charge on any atom is -0.313 e. The van der Waals surface area contributed by atoms with Crippen LogP contribution < -0.4 is 5.32 Å². The van der Waals surface area contributed by atoms with Gasteiger partial charge in [0.25, 0.3) is 0 Å². The number of hydrogen-bond acceptors (Lipinski definition) is 2. The molecular weight excluding hydrogens is 166 g/mol. The molecule has 2 heteroatoms. The molecule has 12 heavy (non-hydrogen) atoms. The number of unbranched alkanes of at least 4 members (excludes halogenated alkanes) is 2. The van der Waals surface area contributed by atoms with E-state index in [9.17, 15) is 0 Å². The van der Waals surface area contributed by atoms with Crippen molar-refractivity contribution in [3.05, 3.63) is 12.2 Å². The summed E-state index contributed by atoms with van der Waals surface area (Å²) in [5.74, 6) is 1.31. The van der Waals surface area contributed by atoms with Crippen molar-refractivity contribution in [2.24, 2.45) is 0 Å². The quantitative estimate of drug-likeness (QED) is 0.463. The van der Waals surface area contributed by atoms with Gasteiger partial charge in [-0.15, -0.1) is 0 Å². The van der Waals surface area contributed by atoms with Crippen molar-refractivity contribution in [3.63, 3.8) is 0 Å². The molecule has 0 saturated carbocycles. The van der Waals surface area contributed by atoms with Crippen LogP contribution in [0.2, 0.25) is 0 Å². The molecule has 0 saturated heterocycles. The van der Waals surface area contributed by atoms with Crippen molar-refractivity contribution < 1.29 is 0 Å². The first-order valence-electron chi connectivity index (χ1n) is 4.61. The van der Waals surface area contributed by atoms with E-state index in [0.717, 1.165) is 13.1 Å². The predicted octanol–water partition coefficient (Wildman–Crippen LogP) is 2.69. The zero-order valence-corrected chi connectivity index (χ0v) is 9.17. The van der Waals surface area contributed by atoms with Gasteiger partial charge in [0, 0.05) is 6.54 Å². The number of thioether (sulfide) groups is 1. The van der Waals surface area contributed by atoms with Gasteiger partial charge in [0.2, 0.25) is 0 Å². The zero-order valence-electron chi connectivity index (χ0n) is 8.36. The van der Waals surface area contributed by atoms with Crippen LogP contribution in [0.5, 0.6) is 0 Å². The predicted molar refractivity (Wildman–Crippen MR) is 59.9 cm³/mol. The lowest BCUT2D eigenvalue weighted by atomic mass is 10.2. The average molecular weight is 187 g/mol. The SMILES string of the molecule is C=C(C)CNCCCCCSC. The van der Waals surface area contributed by atoms with E-state index in [-0.39, 0.29) is 0 Å². The van der Waals surface area contributed by atoms with E-state index >= 15 is 0 Å². The van der Waals surface area contributed by atoms with Crippen molar-refractivity contribution in [1.82, 2.24) is 5.32 Å². The van der Waals surface area contributed by atoms with Gasteiger partial charge in [0.15, 0.2) is 0 Å². The molecule has 0 atom stereocenters. The number of hydrogen-bond donors (Lipinski definition) is 1. The Morgan fingerprint density at radius 2 is 2.08 bits per heavy atom. The monoisotopic (exact) mass is 187 g/mol. The summed E-state index contributed by atoms with van der Waals surface area (Å²) in [5, 5.41) is 3.36. The van der Waals surface area contributed by atoms with Gasteiger partial charge in [0.05, 0.1) is 0 Å². The third-order valence-corrected chi connectivity index (χ3v) is 2.33. The summed E-state index contributed by atoms with van der Waals surface area (Å²) >= 11 is 1.94. The van der Waals surface area contributed by atoms with Crippen LogP contribution in [0.3, 0.4) is 0 Å². The van der Waals surface area contributed by atoms with Gasteiger partial charge >= 0.3 is 0 Å². The van der Waals surface area contributed by atoms with Gasteiger partial charge in [-0.3, -0.25) is 0 Å². The molecule has 0 unspecified atom stereocenters. The van der Waals surface area contributed by atoms with Crippen LogP contribution in [0.15, 0.2) is 12.2 Å². The molecule has 0 radical (unpaired) electrons. The first-order valence-corrected chi connectivity index (χ1v) is 6.00. The second-order valence-corrected chi connectivity index (χ2v) is 4.17. The second kappa shape index (κ2) is 9.14. The van der Waals surface area contributed by atoms with Crippen LogP contribution in [-0.2, 0) is 0 Å².